The molecule has 1 aliphatic rings. The molecule has 0 unspecified atom stereocenters. The lowest BCUT2D eigenvalue weighted by Gasteiger charge is -2.33. The van der Waals surface area contributed by atoms with Crippen molar-refractivity contribution in [2.24, 2.45) is 0 Å². The van der Waals surface area contributed by atoms with E-state index in [4.69, 9.17) is 14.6 Å². The van der Waals surface area contributed by atoms with Crippen LogP contribution in [0.3, 0.4) is 0 Å². The van der Waals surface area contributed by atoms with Crippen molar-refractivity contribution < 1.29 is 33.0 Å². The van der Waals surface area contributed by atoms with E-state index in [1.807, 2.05) is 0 Å². The third kappa shape index (κ3) is 4.83. The van der Waals surface area contributed by atoms with E-state index in [0.29, 0.717) is 37.4 Å². The highest BCUT2D eigenvalue weighted by Crippen LogP contribution is 2.24. The third-order valence-electron chi connectivity index (χ3n) is 4.43. The second-order valence-corrected chi connectivity index (χ2v) is 6.37. The fourth-order valence-corrected chi connectivity index (χ4v) is 3.02. The number of aliphatic carboxylic acids is 1. The van der Waals surface area contributed by atoms with Gasteiger partial charge in [0, 0.05) is 30.9 Å². The van der Waals surface area contributed by atoms with Gasteiger partial charge in [-0.05, 0) is 49.2 Å². The molecule has 1 saturated heterocycles. The predicted octanol–water partition coefficient (Wildman–Crippen LogP) is 3.46. The van der Waals surface area contributed by atoms with Crippen LogP contribution in [0.15, 0.2) is 42.5 Å². The zero-order chi connectivity index (χ0) is 20.1. The molecule has 0 aliphatic carbocycles. The van der Waals surface area contributed by atoms with E-state index < -0.39 is 30.1 Å². The maximum Gasteiger partial charge on any atom is 0.323 e. The zero-order valence-electron chi connectivity index (χ0n) is 14.9. The number of nitrogens with zero attached hydrogens (tertiary/aromatic N) is 1. The van der Waals surface area contributed by atoms with Crippen LogP contribution in [0.1, 0.15) is 23.2 Å². The third-order valence-corrected chi connectivity index (χ3v) is 4.43. The molecule has 6 nitrogen and oxygen atoms in total. The highest BCUT2D eigenvalue weighted by atomic mass is 19.2. The summed E-state index contributed by atoms with van der Waals surface area (Å²) in [7, 11) is 0. The smallest absolute Gasteiger partial charge is 0.323 e. The number of carboxylic acid groups (broad SMARTS) is 1. The molecule has 1 aliphatic heterocycles. The van der Waals surface area contributed by atoms with Gasteiger partial charge in [-0.3, -0.25) is 9.59 Å². The highest BCUT2D eigenvalue weighted by Gasteiger charge is 2.28. The van der Waals surface area contributed by atoms with E-state index in [2.05, 4.69) is 0 Å². The van der Waals surface area contributed by atoms with Crippen LogP contribution in [-0.4, -0.2) is 47.7 Å². The van der Waals surface area contributed by atoms with Crippen molar-refractivity contribution in [3.63, 3.8) is 0 Å². The summed E-state index contributed by atoms with van der Waals surface area (Å²) in [6.07, 6.45) is 1.16. The maximum atomic E-state index is 13.3. The standard InChI is InChI=1S/C20H19F2NO5/c21-17-6-5-16(11-18(17)22)28-15-3-1-13(2-4-15)20(26)23(12-19(24)25)14-7-9-27-10-8-14/h1-6,11,14H,7-10,12H2,(H,24,25). The van der Waals surface area contributed by atoms with E-state index in [0.717, 1.165) is 12.1 Å². The van der Waals surface area contributed by atoms with Gasteiger partial charge in [0.25, 0.3) is 5.91 Å². The molecule has 0 atom stereocenters. The molecule has 1 heterocycles. The first-order valence-corrected chi connectivity index (χ1v) is 8.77. The Morgan fingerprint density at radius 3 is 2.29 bits per heavy atom. The van der Waals surface area contributed by atoms with Crippen LogP contribution in [0, 0.1) is 11.6 Å². The Kier molecular flexibility index (Phi) is 6.20. The van der Waals surface area contributed by atoms with Crippen LogP contribution in [0.4, 0.5) is 8.78 Å². The first kappa shape index (κ1) is 19.8. The predicted molar refractivity (Wildman–Crippen MR) is 95.4 cm³/mol. The number of rotatable bonds is 6. The number of halogens is 2. The molecule has 1 N–H and O–H groups in total. The zero-order valence-corrected chi connectivity index (χ0v) is 14.9. The van der Waals surface area contributed by atoms with E-state index in [1.54, 1.807) is 0 Å². The van der Waals surface area contributed by atoms with E-state index in [1.165, 1.54) is 35.2 Å². The number of hydrogen-bond acceptors (Lipinski definition) is 4. The van der Waals surface area contributed by atoms with Gasteiger partial charge in [-0.1, -0.05) is 0 Å². The average molecular weight is 391 g/mol. The van der Waals surface area contributed by atoms with Crippen LogP contribution in [0.25, 0.3) is 0 Å². The van der Waals surface area contributed by atoms with Crippen LogP contribution in [0.2, 0.25) is 0 Å². The minimum Gasteiger partial charge on any atom is -0.480 e. The number of carboxylic acids is 1. The first-order chi connectivity index (χ1) is 13.4. The molecular weight excluding hydrogens is 372 g/mol. The van der Waals surface area contributed by atoms with Crippen molar-refractivity contribution in [1.29, 1.82) is 0 Å². The molecule has 1 amide bonds. The lowest BCUT2D eigenvalue weighted by atomic mass is 10.1. The van der Waals surface area contributed by atoms with Crippen molar-refractivity contribution >= 4 is 11.9 Å². The summed E-state index contributed by atoms with van der Waals surface area (Å²) in [5.74, 6) is -3.03. The van der Waals surface area contributed by atoms with Gasteiger partial charge < -0.3 is 19.5 Å². The number of carbonyl (C=O) groups excluding carboxylic acids is 1. The molecule has 0 spiro atoms. The summed E-state index contributed by atoms with van der Waals surface area (Å²) in [6.45, 7) is 0.570. The largest absolute Gasteiger partial charge is 0.480 e. The Balaban J connectivity index is 1.73. The molecule has 148 valence electrons. The van der Waals surface area contributed by atoms with Gasteiger partial charge in [0.1, 0.15) is 18.0 Å². The minimum absolute atomic E-state index is 0.118. The molecule has 1 fully saturated rings. The van der Waals surface area contributed by atoms with E-state index in [9.17, 15) is 18.4 Å². The fourth-order valence-electron chi connectivity index (χ4n) is 3.02. The van der Waals surface area contributed by atoms with Gasteiger partial charge in [0.05, 0.1) is 0 Å². The summed E-state index contributed by atoms with van der Waals surface area (Å²) in [5, 5.41) is 9.16. The maximum absolute atomic E-state index is 13.3. The quantitative estimate of drug-likeness (QED) is 0.816. The molecule has 0 aromatic heterocycles. The van der Waals surface area contributed by atoms with Gasteiger partial charge >= 0.3 is 5.97 Å². The second-order valence-electron chi connectivity index (χ2n) is 6.37. The Labute approximate surface area is 160 Å². The number of hydrogen-bond donors (Lipinski definition) is 1. The van der Waals surface area contributed by atoms with E-state index >= 15 is 0 Å². The number of carbonyl (C=O) groups is 2. The molecule has 0 radical (unpaired) electrons. The first-order valence-electron chi connectivity index (χ1n) is 8.77. The molecule has 28 heavy (non-hydrogen) atoms. The normalized spacial score (nSPS) is 14.5. The average Bonchev–Trinajstić information content (AvgIpc) is 2.69. The van der Waals surface area contributed by atoms with E-state index in [-0.39, 0.29) is 11.8 Å². The van der Waals surface area contributed by atoms with Crippen LogP contribution in [0.5, 0.6) is 11.5 Å². The summed E-state index contributed by atoms with van der Waals surface area (Å²) >= 11 is 0. The lowest BCUT2D eigenvalue weighted by molar-refractivity contribution is -0.138. The van der Waals surface area contributed by atoms with Gasteiger partial charge in [-0.2, -0.15) is 0 Å². The molecule has 2 aromatic rings. The summed E-state index contributed by atoms with van der Waals surface area (Å²) < 4.78 is 37.0. The SMILES string of the molecule is O=C(O)CN(C(=O)c1ccc(Oc2ccc(F)c(F)c2)cc1)C1CCOCC1. The molecular formula is C20H19F2NO5. The Bertz CT molecular complexity index is 850. The van der Waals surface area contributed by atoms with Gasteiger partial charge in [0.2, 0.25) is 0 Å². The molecule has 2 aromatic carbocycles. The van der Waals surface area contributed by atoms with Crippen molar-refractivity contribution in [3.05, 3.63) is 59.7 Å². The molecule has 0 saturated carbocycles. The van der Waals surface area contributed by atoms with Crippen LogP contribution < -0.4 is 4.74 Å². The number of benzene rings is 2. The molecule has 8 heteroatoms. The topological polar surface area (TPSA) is 76.1 Å². The monoisotopic (exact) mass is 391 g/mol. The van der Waals surface area contributed by atoms with Gasteiger partial charge in [-0.25, -0.2) is 8.78 Å². The fraction of sp³-hybridized carbons (Fsp3) is 0.300. The van der Waals surface area contributed by atoms with Crippen LogP contribution in [-0.2, 0) is 9.53 Å². The van der Waals surface area contributed by atoms with Crippen molar-refractivity contribution in [2.45, 2.75) is 18.9 Å². The number of amides is 1. The van der Waals surface area contributed by atoms with Crippen molar-refractivity contribution in [2.75, 3.05) is 19.8 Å². The Morgan fingerprint density at radius 1 is 1.04 bits per heavy atom. The summed E-state index contributed by atoms with van der Waals surface area (Å²) in [6, 6.07) is 9.01. The van der Waals surface area contributed by atoms with Crippen molar-refractivity contribution in [1.82, 2.24) is 4.90 Å². The Morgan fingerprint density at radius 2 is 1.68 bits per heavy atom. The van der Waals surface area contributed by atoms with Crippen molar-refractivity contribution in [3.8, 4) is 11.5 Å². The minimum atomic E-state index is -1.09. The van der Waals surface area contributed by atoms with Crippen LogP contribution >= 0.6 is 0 Å². The summed E-state index contributed by atoms with van der Waals surface area (Å²) in [5.41, 5.74) is 0.311. The summed E-state index contributed by atoms with van der Waals surface area (Å²) in [4.78, 5) is 25.4. The van der Waals surface area contributed by atoms with Gasteiger partial charge in [-0.15, -0.1) is 0 Å². The number of ether oxygens (including phenoxy) is 2. The molecule has 3 rings (SSSR count). The Hall–Kier alpha value is -3.00. The van der Waals surface area contributed by atoms with Gasteiger partial charge in [0.15, 0.2) is 11.6 Å². The second kappa shape index (κ2) is 8.79. The lowest BCUT2D eigenvalue weighted by Crippen LogP contribution is -2.46. The molecule has 0 bridgehead atoms. The highest BCUT2D eigenvalue weighted by molar-refractivity contribution is 5.96.